The Kier molecular flexibility index (Phi) is 5.39. The second kappa shape index (κ2) is 5.51. The van der Waals surface area contributed by atoms with Crippen LogP contribution in [0.25, 0.3) is 0 Å². The lowest BCUT2D eigenvalue weighted by Crippen LogP contribution is -2.45. The van der Waals surface area contributed by atoms with Gasteiger partial charge in [0.15, 0.2) is 0 Å². The lowest BCUT2D eigenvalue weighted by Gasteiger charge is -2.45. The summed E-state index contributed by atoms with van der Waals surface area (Å²) in [5.41, 5.74) is -0.524. The molecule has 102 valence electrons. The van der Waals surface area contributed by atoms with Crippen LogP contribution in [0, 0.1) is 10.8 Å². The second-order valence-electron chi connectivity index (χ2n) is 6.86. The highest BCUT2D eigenvalue weighted by molar-refractivity contribution is 5.81. The van der Waals surface area contributed by atoms with Crippen LogP contribution in [-0.2, 0) is 9.53 Å². The van der Waals surface area contributed by atoms with Crippen molar-refractivity contribution in [3.05, 3.63) is 0 Å². The number of Topliss-reactive ketones (excluding diaryl/α,β-unsaturated/α-hetero) is 1. The summed E-state index contributed by atoms with van der Waals surface area (Å²) in [4.78, 5) is 11.6. The van der Waals surface area contributed by atoms with Crippen LogP contribution >= 0.6 is 0 Å². The van der Waals surface area contributed by atoms with Crippen molar-refractivity contribution >= 4 is 5.78 Å². The average Bonchev–Trinajstić information content (AvgIpc) is 2.12. The van der Waals surface area contributed by atoms with E-state index in [-0.39, 0.29) is 22.2 Å². The Morgan fingerprint density at radius 2 is 1.53 bits per heavy atom. The first-order chi connectivity index (χ1) is 7.46. The molecule has 0 amide bonds. The Balaban J connectivity index is 4.82. The third-order valence-corrected chi connectivity index (χ3v) is 4.13. The van der Waals surface area contributed by atoms with Gasteiger partial charge < -0.3 is 4.74 Å². The number of hydrogen-bond donors (Lipinski definition) is 0. The number of carbonyl (C=O) groups is 1. The molecule has 0 aromatic heterocycles. The maximum Gasteiger partial charge on any atom is 0.135 e. The van der Waals surface area contributed by atoms with E-state index in [9.17, 15) is 4.79 Å². The standard InChI is InChI=1S/C15H30O2/c1-9-10-17-15(7,8)14(5,6)11-13(3,4)12(2)16/h9-11H2,1-8H3. The summed E-state index contributed by atoms with van der Waals surface area (Å²) in [6.07, 6.45) is 1.86. The van der Waals surface area contributed by atoms with E-state index in [1.165, 1.54) is 0 Å². The molecule has 0 atom stereocenters. The van der Waals surface area contributed by atoms with Gasteiger partial charge in [-0.15, -0.1) is 0 Å². The average molecular weight is 242 g/mol. The third-order valence-electron chi connectivity index (χ3n) is 4.13. The molecule has 0 aromatic carbocycles. The SMILES string of the molecule is CCCOC(C)(C)C(C)(C)CC(C)(C)C(C)=O. The number of ketones is 1. The summed E-state index contributed by atoms with van der Waals surface area (Å²) in [7, 11) is 0. The first-order valence-corrected chi connectivity index (χ1v) is 6.61. The van der Waals surface area contributed by atoms with Crippen LogP contribution in [0.2, 0.25) is 0 Å². The zero-order valence-corrected chi connectivity index (χ0v) is 12.9. The quantitative estimate of drug-likeness (QED) is 0.668. The topological polar surface area (TPSA) is 26.3 Å². The van der Waals surface area contributed by atoms with E-state index < -0.39 is 0 Å². The van der Waals surface area contributed by atoms with Crippen molar-refractivity contribution in [1.82, 2.24) is 0 Å². The van der Waals surface area contributed by atoms with Crippen LogP contribution in [-0.4, -0.2) is 18.0 Å². The minimum absolute atomic E-state index is 0.0304. The largest absolute Gasteiger partial charge is 0.375 e. The molecule has 2 heteroatoms. The van der Waals surface area contributed by atoms with Gasteiger partial charge in [-0.05, 0) is 39.0 Å². The molecule has 0 aliphatic heterocycles. The maximum absolute atomic E-state index is 11.6. The predicted octanol–water partition coefficient (Wildman–Crippen LogP) is 4.22. The Bertz CT molecular complexity index is 262. The Morgan fingerprint density at radius 1 is 1.06 bits per heavy atom. The minimum atomic E-state index is -0.281. The predicted molar refractivity (Wildman–Crippen MR) is 73.2 cm³/mol. The fraction of sp³-hybridized carbons (Fsp3) is 0.933. The number of hydrogen-bond acceptors (Lipinski definition) is 2. The lowest BCUT2D eigenvalue weighted by molar-refractivity contribution is -0.135. The second-order valence-corrected chi connectivity index (χ2v) is 6.86. The van der Waals surface area contributed by atoms with Crippen molar-refractivity contribution in [1.29, 1.82) is 0 Å². The van der Waals surface area contributed by atoms with E-state index in [4.69, 9.17) is 4.74 Å². The highest BCUT2D eigenvalue weighted by atomic mass is 16.5. The molecular weight excluding hydrogens is 212 g/mol. The van der Waals surface area contributed by atoms with Gasteiger partial charge in [0.2, 0.25) is 0 Å². The molecule has 0 rings (SSSR count). The van der Waals surface area contributed by atoms with Crippen molar-refractivity contribution in [3.63, 3.8) is 0 Å². The summed E-state index contributed by atoms with van der Waals surface area (Å²) in [6.45, 7) is 17.2. The van der Waals surface area contributed by atoms with Crippen LogP contribution in [0.3, 0.4) is 0 Å². The fourth-order valence-corrected chi connectivity index (χ4v) is 1.99. The number of carbonyl (C=O) groups excluding carboxylic acids is 1. The molecule has 0 fully saturated rings. The van der Waals surface area contributed by atoms with E-state index >= 15 is 0 Å². The zero-order valence-electron chi connectivity index (χ0n) is 12.9. The Hall–Kier alpha value is -0.370. The number of rotatable bonds is 7. The first kappa shape index (κ1) is 16.6. The smallest absolute Gasteiger partial charge is 0.135 e. The summed E-state index contributed by atoms with van der Waals surface area (Å²) in [5, 5.41) is 0. The molecule has 0 bridgehead atoms. The molecule has 0 saturated heterocycles. The van der Waals surface area contributed by atoms with Gasteiger partial charge in [0, 0.05) is 12.0 Å². The number of ether oxygens (including phenoxy) is 1. The summed E-state index contributed by atoms with van der Waals surface area (Å²) < 4.78 is 5.96. The molecule has 0 unspecified atom stereocenters. The molecule has 0 spiro atoms. The van der Waals surface area contributed by atoms with Crippen LogP contribution < -0.4 is 0 Å². The van der Waals surface area contributed by atoms with Crippen LogP contribution in [0.5, 0.6) is 0 Å². The first-order valence-electron chi connectivity index (χ1n) is 6.61. The van der Waals surface area contributed by atoms with E-state index in [1.807, 2.05) is 13.8 Å². The van der Waals surface area contributed by atoms with Gasteiger partial charge in [-0.1, -0.05) is 34.6 Å². The summed E-state index contributed by atoms with van der Waals surface area (Å²) >= 11 is 0. The van der Waals surface area contributed by atoms with Gasteiger partial charge in [-0.2, -0.15) is 0 Å². The van der Waals surface area contributed by atoms with E-state index in [1.54, 1.807) is 6.92 Å². The molecule has 2 nitrogen and oxygen atoms in total. The van der Waals surface area contributed by atoms with Crippen molar-refractivity contribution in [3.8, 4) is 0 Å². The molecular formula is C15H30O2. The van der Waals surface area contributed by atoms with E-state index in [2.05, 4.69) is 34.6 Å². The zero-order chi connectivity index (χ0) is 13.9. The molecule has 0 saturated carbocycles. The van der Waals surface area contributed by atoms with Gasteiger partial charge in [-0.3, -0.25) is 4.79 Å². The third kappa shape index (κ3) is 4.42. The fourth-order valence-electron chi connectivity index (χ4n) is 1.99. The van der Waals surface area contributed by atoms with Gasteiger partial charge >= 0.3 is 0 Å². The van der Waals surface area contributed by atoms with E-state index in [0.717, 1.165) is 19.4 Å². The highest BCUT2D eigenvalue weighted by Crippen LogP contribution is 2.43. The van der Waals surface area contributed by atoms with Gasteiger partial charge in [0.25, 0.3) is 0 Å². The Labute approximate surface area is 107 Å². The normalized spacial score (nSPS) is 13.9. The van der Waals surface area contributed by atoms with Crippen molar-refractivity contribution < 1.29 is 9.53 Å². The molecule has 0 heterocycles. The highest BCUT2D eigenvalue weighted by Gasteiger charge is 2.42. The van der Waals surface area contributed by atoms with Gasteiger partial charge in [0.05, 0.1) is 5.60 Å². The molecule has 0 aliphatic carbocycles. The summed E-state index contributed by atoms with van der Waals surface area (Å²) in [5.74, 6) is 0.247. The van der Waals surface area contributed by atoms with Crippen molar-refractivity contribution in [2.45, 2.75) is 73.8 Å². The van der Waals surface area contributed by atoms with Crippen LogP contribution in [0.15, 0.2) is 0 Å². The Morgan fingerprint density at radius 3 is 1.88 bits per heavy atom. The van der Waals surface area contributed by atoms with Crippen molar-refractivity contribution in [2.24, 2.45) is 10.8 Å². The van der Waals surface area contributed by atoms with Gasteiger partial charge in [0.1, 0.15) is 5.78 Å². The van der Waals surface area contributed by atoms with Crippen molar-refractivity contribution in [2.75, 3.05) is 6.61 Å². The molecule has 0 aliphatic rings. The maximum atomic E-state index is 11.6. The molecule has 17 heavy (non-hydrogen) atoms. The monoisotopic (exact) mass is 242 g/mol. The molecule has 0 radical (unpaired) electrons. The minimum Gasteiger partial charge on any atom is -0.375 e. The van der Waals surface area contributed by atoms with Crippen LogP contribution in [0.1, 0.15) is 68.2 Å². The summed E-state index contributed by atoms with van der Waals surface area (Å²) in [6, 6.07) is 0. The molecule has 0 N–H and O–H groups in total. The van der Waals surface area contributed by atoms with E-state index in [0.29, 0.717) is 0 Å². The lowest BCUT2D eigenvalue weighted by atomic mass is 9.66. The van der Waals surface area contributed by atoms with Gasteiger partial charge in [-0.25, -0.2) is 0 Å². The van der Waals surface area contributed by atoms with Crippen LogP contribution in [0.4, 0.5) is 0 Å². The molecule has 0 aromatic rings.